The van der Waals surface area contributed by atoms with Crippen molar-refractivity contribution >= 4 is 40.5 Å². The molecule has 2 aromatic carbocycles. The van der Waals surface area contributed by atoms with Crippen LogP contribution in [-0.2, 0) is 4.79 Å². The molecule has 0 spiro atoms. The lowest BCUT2D eigenvalue weighted by atomic mass is 10.1. The van der Waals surface area contributed by atoms with Gasteiger partial charge in [-0.2, -0.15) is 0 Å². The van der Waals surface area contributed by atoms with Gasteiger partial charge >= 0.3 is 0 Å². The minimum absolute atomic E-state index is 0.0834. The SMILES string of the molecule is O=C(CCC(=O)c1ccc(Cl)cc1)Nc1ccc(N2CCN(c3ccccc3)CC2)nc1. The number of hydrogen-bond acceptors (Lipinski definition) is 5. The molecule has 0 radical (unpaired) electrons. The second kappa shape index (κ2) is 10.3. The van der Waals surface area contributed by atoms with Gasteiger partial charge in [-0.15, -0.1) is 0 Å². The van der Waals surface area contributed by atoms with Gasteiger partial charge < -0.3 is 15.1 Å². The van der Waals surface area contributed by atoms with Crippen LogP contribution in [0.1, 0.15) is 23.2 Å². The lowest BCUT2D eigenvalue weighted by molar-refractivity contribution is -0.116. The molecule has 0 saturated carbocycles. The van der Waals surface area contributed by atoms with E-state index in [9.17, 15) is 9.59 Å². The molecule has 0 unspecified atom stereocenters. The zero-order chi connectivity index (χ0) is 22.3. The van der Waals surface area contributed by atoms with Crippen molar-refractivity contribution in [1.29, 1.82) is 0 Å². The Hall–Kier alpha value is -3.38. The lowest BCUT2D eigenvalue weighted by Gasteiger charge is -2.36. The van der Waals surface area contributed by atoms with Crippen LogP contribution in [0.25, 0.3) is 0 Å². The van der Waals surface area contributed by atoms with E-state index in [1.165, 1.54) is 5.69 Å². The van der Waals surface area contributed by atoms with Crippen LogP contribution in [0.15, 0.2) is 72.9 Å². The highest BCUT2D eigenvalue weighted by molar-refractivity contribution is 6.30. The predicted molar refractivity (Wildman–Crippen MR) is 129 cm³/mol. The van der Waals surface area contributed by atoms with E-state index in [0.29, 0.717) is 16.3 Å². The Morgan fingerprint density at radius 1 is 0.844 bits per heavy atom. The maximum absolute atomic E-state index is 12.2. The largest absolute Gasteiger partial charge is 0.368 e. The van der Waals surface area contributed by atoms with Gasteiger partial charge in [0.2, 0.25) is 5.91 Å². The number of amides is 1. The average Bonchev–Trinajstić information content (AvgIpc) is 2.84. The molecular formula is C25H25ClN4O2. The number of anilines is 3. The highest BCUT2D eigenvalue weighted by atomic mass is 35.5. The van der Waals surface area contributed by atoms with Crippen molar-refractivity contribution in [2.24, 2.45) is 0 Å². The molecule has 7 heteroatoms. The minimum Gasteiger partial charge on any atom is -0.368 e. The van der Waals surface area contributed by atoms with E-state index >= 15 is 0 Å². The van der Waals surface area contributed by atoms with Crippen molar-refractivity contribution in [3.05, 3.63) is 83.5 Å². The van der Waals surface area contributed by atoms with Crippen LogP contribution < -0.4 is 15.1 Å². The van der Waals surface area contributed by atoms with Crippen LogP contribution in [-0.4, -0.2) is 42.9 Å². The van der Waals surface area contributed by atoms with Crippen LogP contribution in [0.2, 0.25) is 5.02 Å². The van der Waals surface area contributed by atoms with E-state index in [4.69, 9.17) is 11.6 Å². The number of rotatable bonds is 7. The van der Waals surface area contributed by atoms with E-state index < -0.39 is 0 Å². The second-order valence-corrected chi connectivity index (χ2v) is 8.13. The van der Waals surface area contributed by atoms with Gasteiger partial charge in [-0.25, -0.2) is 4.98 Å². The third-order valence-electron chi connectivity index (χ3n) is 5.50. The molecule has 1 amide bonds. The Kier molecular flexibility index (Phi) is 7.02. The van der Waals surface area contributed by atoms with Gasteiger partial charge in [-0.1, -0.05) is 29.8 Å². The molecule has 2 heterocycles. The fourth-order valence-electron chi connectivity index (χ4n) is 3.71. The summed E-state index contributed by atoms with van der Waals surface area (Å²) in [6.07, 6.45) is 1.92. The summed E-state index contributed by atoms with van der Waals surface area (Å²) in [5, 5.41) is 3.39. The number of Topliss-reactive ketones (excluding diaryl/α,β-unsaturated/α-hetero) is 1. The van der Waals surface area contributed by atoms with Gasteiger partial charge in [0.25, 0.3) is 0 Å². The Morgan fingerprint density at radius 2 is 1.53 bits per heavy atom. The van der Waals surface area contributed by atoms with Gasteiger partial charge in [-0.05, 0) is 48.5 Å². The molecule has 0 aliphatic carbocycles. The first-order chi connectivity index (χ1) is 15.6. The van der Waals surface area contributed by atoms with Crippen molar-refractivity contribution < 1.29 is 9.59 Å². The molecule has 1 fully saturated rings. The third-order valence-corrected chi connectivity index (χ3v) is 5.75. The van der Waals surface area contributed by atoms with Gasteiger partial charge in [0.15, 0.2) is 5.78 Å². The molecule has 0 atom stereocenters. The minimum atomic E-state index is -0.210. The van der Waals surface area contributed by atoms with Crippen LogP contribution in [0.5, 0.6) is 0 Å². The van der Waals surface area contributed by atoms with Crippen molar-refractivity contribution in [3.63, 3.8) is 0 Å². The van der Waals surface area contributed by atoms with E-state index in [-0.39, 0.29) is 24.5 Å². The molecule has 164 valence electrons. The summed E-state index contributed by atoms with van der Waals surface area (Å²) in [6, 6.07) is 20.9. The zero-order valence-electron chi connectivity index (χ0n) is 17.7. The smallest absolute Gasteiger partial charge is 0.224 e. The van der Waals surface area contributed by atoms with Crippen molar-refractivity contribution in [1.82, 2.24) is 4.98 Å². The summed E-state index contributed by atoms with van der Waals surface area (Å²) < 4.78 is 0. The Balaban J connectivity index is 1.24. The first kappa shape index (κ1) is 21.8. The van der Waals surface area contributed by atoms with Crippen LogP contribution >= 0.6 is 11.6 Å². The van der Waals surface area contributed by atoms with Crippen molar-refractivity contribution in [2.45, 2.75) is 12.8 Å². The number of piperazine rings is 1. The molecule has 1 aliphatic heterocycles. The van der Waals surface area contributed by atoms with Gasteiger partial charge in [0.1, 0.15) is 5.82 Å². The van der Waals surface area contributed by atoms with Gasteiger partial charge in [0, 0.05) is 55.3 Å². The lowest BCUT2D eigenvalue weighted by Crippen LogP contribution is -2.46. The highest BCUT2D eigenvalue weighted by Crippen LogP contribution is 2.20. The Labute approximate surface area is 192 Å². The number of hydrogen-bond donors (Lipinski definition) is 1. The molecule has 1 aliphatic rings. The van der Waals surface area contributed by atoms with Crippen molar-refractivity contribution in [3.8, 4) is 0 Å². The summed E-state index contributed by atoms with van der Waals surface area (Å²) in [5.74, 6) is 0.604. The maximum Gasteiger partial charge on any atom is 0.224 e. The summed E-state index contributed by atoms with van der Waals surface area (Å²) >= 11 is 5.84. The normalized spacial score (nSPS) is 13.7. The first-order valence-corrected chi connectivity index (χ1v) is 11.1. The van der Waals surface area contributed by atoms with E-state index in [1.54, 1.807) is 30.5 Å². The molecule has 0 bridgehead atoms. The number of aromatic nitrogens is 1. The number of nitrogens with zero attached hydrogens (tertiary/aromatic N) is 3. The van der Waals surface area contributed by atoms with E-state index in [1.807, 2.05) is 18.2 Å². The molecule has 3 aromatic rings. The zero-order valence-corrected chi connectivity index (χ0v) is 18.5. The highest BCUT2D eigenvalue weighted by Gasteiger charge is 2.18. The number of nitrogens with one attached hydrogen (secondary N) is 1. The fourth-order valence-corrected chi connectivity index (χ4v) is 3.84. The van der Waals surface area contributed by atoms with Crippen molar-refractivity contribution in [2.75, 3.05) is 41.3 Å². The van der Waals surface area contributed by atoms with Crippen LogP contribution in [0.3, 0.4) is 0 Å². The summed E-state index contributed by atoms with van der Waals surface area (Å²) in [4.78, 5) is 33.6. The van der Waals surface area contributed by atoms with E-state index in [0.717, 1.165) is 32.0 Å². The standard InChI is InChI=1S/C25H25ClN4O2/c26-20-8-6-19(7-9-20)23(31)11-13-25(32)28-21-10-12-24(27-18-21)30-16-14-29(15-17-30)22-4-2-1-3-5-22/h1-10,12,18H,11,13-17H2,(H,28,32). The quantitative estimate of drug-likeness (QED) is 0.532. The number of para-hydroxylation sites is 1. The Morgan fingerprint density at radius 3 is 2.19 bits per heavy atom. The molecule has 4 rings (SSSR count). The van der Waals surface area contributed by atoms with Crippen LogP contribution in [0, 0.1) is 0 Å². The number of ketones is 1. The third kappa shape index (κ3) is 5.65. The van der Waals surface area contributed by atoms with E-state index in [2.05, 4.69) is 44.4 Å². The summed E-state index contributed by atoms with van der Waals surface area (Å²) in [7, 11) is 0. The predicted octanol–water partition coefficient (Wildman–Crippen LogP) is 4.66. The molecule has 32 heavy (non-hydrogen) atoms. The number of carbonyl (C=O) groups excluding carboxylic acids is 2. The number of carbonyl (C=O) groups is 2. The van der Waals surface area contributed by atoms with Gasteiger partial charge in [-0.3, -0.25) is 9.59 Å². The second-order valence-electron chi connectivity index (χ2n) is 7.69. The molecule has 1 saturated heterocycles. The van der Waals surface area contributed by atoms with Crippen LogP contribution in [0.4, 0.5) is 17.2 Å². The average molecular weight is 449 g/mol. The molecule has 1 N–H and O–H groups in total. The molecule has 1 aromatic heterocycles. The number of halogens is 1. The summed E-state index contributed by atoms with van der Waals surface area (Å²) in [6.45, 7) is 3.65. The van der Waals surface area contributed by atoms with Gasteiger partial charge in [0.05, 0.1) is 11.9 Å². The molecular weight excluding hydrogens is 424 g/mol. The Bertz CT molecular complexity index is 1050. The molecule has 6 nitrogen and oxygen atoms in total. The maximum atomic E-state index is 12.2. The fraction of sp³-hybridized carbons (Fsp3) is 0.240. The first-order valence-electron chi connectivity index (χ1n) is 10.7. The topological polar surface area (TPSA) is 65.5 Å². The number of benzene rings is 2. The number of pyridine rings is 1. The monoisotopic (exact) mass is 448 g/mol. The summed E-state index contributed by atoms with van der Waals surface area (Å²) in [5.41, 5.74) is 2.42.